The second kappa shape index (κ2) is 9.03. The molecule has 0 aliphatic heterocycles. The third-order valence-corrected chi connectivity index (χ3v) is 3.99. The first-order chi connectivity index (χ1) is 12.0. The monoisotopic (exact) mass is 363 g/mol. The number of rotatable bonds is 7. The zero-order valence-electron chi connectivity index (χ0n) is 17.3. The number of amides is 2. The van der Waals surface area contributed by atoms with E-state index in [1.807, 2.05) is 76.7 Å². The number of carbonyl (C=O) groups is 2. The maximum absolute atomic E-state index is 12.9. The summed E-state index contributed by atoms with van der Waals surface area (Å²) in [5.74, 6) is -0.103. The molecule has 0 bridgehead atoms. The summed E-state index contributed by atoms with van der Waals surface area (Å²) >= 11 is 0. The Balaban J connectivity index is 3.20. The fourth-order valence-electron chi connectivity index (χ4n) is 2.66. The van der Waals surface area contributed by atoms with E-state index >= 15 is 0 Å². The van der Waals surface area contributed by atoms with Crippen molar-refractivity contribution in [2.24, 2.45) is 5.41 Å². The lowest BCUT2D eigenvalue weighted by molar-refractivity contribution is -0.142. The molecular formula is C20H33N3O3. The van der Waals surface area contributed by atoms with E-state index in [0.29, 0.717) is 12.2 Å². The fraction of sp³-hybridized carbons (Fsp3) is 0.600. The van der Waals surface area contributed by atoms with E-state index in [1.54, 1.807) is 0 Å². The molecule has 0 radical (unpaired) electrons. The molecule has 0 aliphatic rings. The number of benzene rings is 1. The minimum atomic E-state index is -0.452. The quantitative estimate of drug-likeness (QED) is 0.808. The highest BCUT2D eigenvalue weighted by Crippen LogP contribution is 2.27. The van der Waals surface area contributed by atoms with E-state index < -0.39 is 5.41 Å². The molecule has 2 amide bonds. The molecule has 1 aromatic rings. The van der Waals surface area contributed by atoms with Gasteiger partial charge >= 0.3 is 0 Å². The molecule has 0 aromatic heterocycles. The first kappa shape index (κ1) is 22.0. The van der Waals surface area contributed by atoms with Gasteiger partial charge in [-0.15, -0.1) is 0 Å². The van der Waals surface area contributed by atoms with Crippen molar-refractivity contribution in [2.75, 3.05) is 38.0 Å². The summed E-state index contributed by atoms with van der Waals surface area (Å²) < 4.78 is 4.86. The highest BCUT2D eigenvalue weighted by atomic mass is 16.5. The number of hydrogen-bond acceptors (Lipinski definition) is 4. The van der Waals surface area contributed by atoms with Gasteiger partial charge in [0.15, 0.2) is 0 Å². The highest BCUT2D eigenvalue weighted by Gasteiger charge is 2.29. The zero-order chi connectivity index (χ0) is 20.1. The van der Waals surface area contributed by atoms with Crippen LogP contribution in [0.3, 0.4) is 0 Å². The average molecular weight is 364 g/mol. The normalized spacial score (nSPS) is 11.4. The molecule has 0 saturated carbocycles. The molecule has 0 unspecified atom stereocenters. The van der Waals surface area contributed by atoms with Crippen LogP contribution in [0.25, 0.3) is 0 Å². The molecule has 6 heteroatoms. The molecule has 6 nitrogen and oxygen atoms in total. The largest absolute Gasteiger partial charge is 0.377 e. The molecule has 0 spiro atoms. The van der Waals surface area contributed by atoms with Crippen molar-refractivity contribution < 1.29 is 14.3 Å². The van der Waals surface area contributed by atoms with Gasteiger partial charge in [0.05, 0.1) is 0 Å². The maximum Gasteiger partial charge on any atom is 0.250 e. The fourth-order valence-corrected chi connectivity index (χ4v) is 2.66. The topological polar surface area (TPSA) is 61.9 Å². The lowest BCUT2D eigenvalue weighted by atomic mass is 9.93. The molecule has 0 fully saturated rings. The van der Waals surface area contributed by atoms with Crippen LogP contribution in [-0.4, -0.2) is 50.6 Å². The summed E-state index contributed by atoms with van der Waals surface area (Å²) in [6, 6.07) is 5.81. The van der Waals surface area contributed by atoms with E-state index in [0.717, 1.165) is 11.3 Å². The lowest BCUT2D eigenvalue weighted by Gasteiger charge is -2.34. The number of carbonyl (C=O) groups excluding carboxylic acids is 2. The average Bonchev–Trinajstić information content (AvgIpc) is 2.50. The van der Waals surface area contributed by atoms with E-state index in [4.69, 9.17) is 4.74 Å². The Labute approximate surface area is 157 Å². The molecule has 0 heterocycles. The standard InChI is InChI=1S/C20H33N3O3/c1-14(2)23(19(25)20(3,4)5)12-15-11-16(21-18(24)13-26-8)9-10-17(15)22(6)7/h9-11,14H,12-13H2,1-8H3,(H,21,24). The molecule has 0 saturated heterocycles. The van der Waals surface area contributed by atoms with Gasteiger partial charge in [-0.25, -0.2) is 0 Å². The van der Waals surface area contributed by atoms with Crippen molar-refractivity contribution in [3.8, 4) is 0 Å². The summed E-state index contributed by atoms with van der Waals surface area (Å²) in [4.78, 5) is 28.6. The van der Waals surface area contributed by atoms with Gasteiger partial charge in [-0.2, -0.15) is 0 Å². The van der Waals surface area contributed by atoms with Gasteiger partial charge in [0.2, 0.25) is 11.8 Å². The van der Waals surface area contributed by atoms with Crippen LogP contribution in [-0.2, 0) is 20.9 Å². The van der Waals surface area contributed by atoms with Crippen LogP contribution < -0.4 is 10.2 Å². The molecule has 146 valence electrons. The van der Waals surface area contributed by atoms with Crippen LogP contribution in [0.1, 0.15) is 40.2 Å². The summed E-state index contributed by atoms with van der Waals surface area (Å²) in [6.07, 6.45) is 0. The molecule has 26 heavy (non-hydrogen) atoms. The van der Waals surface area contributed by atoms with Crippen molar-refractivity contribution in [3.05, 3.63) is 23.8 Å². The molecule has 1 N–H and O–H groups in total. The Bertz CT molecular complexity index is 634. The number of nitrogens with zero attached hydrogens (tertiary/aromatic N) is 2. The predicted molar refractivity (Wildman–Crippen MR) is 106 cm³/mol. The molecule has 1 rings (SSSR count). The first-order valence-corrected chi connectivity index (χ1v) is 8.87. The smallest absolute Gasteiger partial charge is 0.250 e. The summed E-state index contributed by atoms with van der Waals surface area (Å²) in [6.45, 7) is 10.3. The number of nitrogens with one attached hydrogen (secondary N) is 1. The van der Waals surface area contributed by atoms with Crippen LogP contribution in [0, 0.1) is 5.41 Å². The van der Waals surface area contributed by atoms with Gasteiger partial charge in [-0.1, -0.05) is 20.8 Å². The van der Waals surface area contributed by atoms with Crippen molar-refractivity contribution in [1.82, 2.24) is 4.90 Å². The van der Waals surface area contributed by atoms with Crippen LogP contribution in [0.15, 0.2) is 18.2 Å². The SMILES string of the molecule is COCC(=O)Nc1ccc(N(C)C)c(CN(C(=O)C(C)(C)C)C(C)C)c1. The number of hydrogen-bond donors (Lipinski definition) is 1. The molecule has 0 aliphatic carbocycles. The first-order valence-electron chi connectivity index (χ1n) is 8.87. The van der Waals surface area contributed by atoms with Crippen LogP contribution in [0.2, 0.25) is 0 Å². The van der Waals surface area contributed by atoms with Crippen LogP contribution in [0.4, 0.5) is 11.4 Å². The molecule has 0 atom stereocenters. The van der Waals surface area contributed by atoms with E-state index in [-0.39, 0.29) is 24.5 Å². The Morgan fingerprint density at radius 2 is 1.81 bits per heavy atom. The lowest BCUT2D eigenvalue weighted by Crippen LogP contribution is -2.43. The van der Waals surface area contributed by atoms with Gasteiger partial charge in [0.25, 0.3) is 0 Å². The molecule has 1 aromatic carbocycles. The van der Waals surface area contributed by atoms with Crippen LogP contribution in [0.5, 0.6) is 0 Å². The summed E-state index contributed by atoms with van der Waals surface area (Å²) in [5.41, 5.74) is 2.24. The van der Waals surface area contributed by atoms with Gasteiger partial charge in [0, 0.05) is 50.6 Å². The van der Waals surface area contributed by atoms with E-state index in [2.05, 4.69) is 5.32 Å². The maximum atomic E-state index is 12.9. The second-order valence-electron chi connectivity index (χ2n) is 8.00. The Morgan fingerprint density at radius 1 is 1.19 bits per heavy atom. The van der Waals surface area contributed by atoms with Gasteiger partial charge in [0.1, 0.15) is 6.61 Å². The third kappa shape index (κ3) is 6.02. The van der Waals surface area contributed by atoms with Crippen molar-refractivity contribution in [3.63, 3.8) is 0 Å². The van der Waals surface area contributed by atoms with Gasteiger partial charge in [-0.05, 0) is 37.6 Å². The predicted octanol–water partition coefficient (Wildman–Crippen LogP) is 3.12. The third-order valence-electron chi connectivity index (χ3n) is 3.99. The number of anilines is 2. The number of ether oxygens (including phenoxy) is 1. The molecular weight excluding hydrogens is 330 g/mol. The van der Waals surface area contributed by atoms with Crippen LogP contribution >= 0.6 is 0 Å². The summed E-state index contributed by atoms with van der Waals surface area (Å²) in [5, 5.41) is 2.83. The highest BCUT2D eigenvalue weighted by molar-refractivity contribution is 5.92. The van der Waals surface area contributed by atoms with E-state index in [9.17, 15) is 9.59 Å². The summed E-state index contributed by atoms with van der Waals surface area (Å²) in [7, 11) is 5.42. The Morgan fingerprint density at radius 3 is 2.27 bits per heavy atom. The zero-order valence-corrected chi connectivity index (χ0v) is 17.3. The number of methoxy groups -OCH3 is 1. The minimum absolute atomic E-state index is 0.00535. The van der Waals surface area contributed by atoms with Crippen molar-refractivity contribution >= 4 is 23.2 Å². The minimum Gasteiger partial charge on any atom is -0.377 e. The van der Waals surface area contributed by atoms with Gasteiger partial charge in [-0.3, -0.25) is 9.59 Å². The van der Waals surface area contributed by atoms with Crippen molar-refractivity contribution in [2.45, 2.75) is 47.2 Å². The Kier molecular flexibility index (Phi) is 7.63. The van der Waals surface area contributed by atoms with E-state index in [1.165, 1.54) is 7.11 Å². The second-order valence-corrected chi connectivity index (χ2v) is 8.00. The Hall–Kier alpha value is -2.08. The van der Waals surface area contributed by atoms with Gasteiger partial charge < -0.3 is 19.9 Å². The van der Waals surface area contributed by atoms with Crippen molar-refractivity contribution in [1.29, 1.82) is 0 Å².